The topological polar surface area (TPSA) is 78.7 Å². The molecule has 138 valence electrons. The average molecular weight is 367 g/mol. The Labute approximate surface area is 155 Å². The summed E-state index contributed by atoms with van der Waals surface area (Å²) >= 11 is 0. The molecule has 6 nitrogen and oxygen atoms in total. The number of nitrogens with two attached hydrogens (primary N) is 1. The van der Waals surface area contributed by atoms with Crippen LogP contribution in [0.5, 0.6) is 0 Å². The van der Waals surface area contributed by atoms with Gasteiger partial charge in [0.25, 0.3) is 0 Å². The number of aryl methyl sites for hydroxylation is 1. The van der Waals surface area contributed by atoms with Gasteiger partial charge in [-0.3, -0.25) is 4.79 Å². The van der Waals surface area contributed by atoms with Gasteiger partial charge < -0.3 is 20.9 Å². The van der Waals surface area contributed by atoms with Gasteiger partial charge >= 0.3 is 6.03 Å². The molecule has 0 saturated carbocycles. The van der Waals surface area contributed by atoms with Gasteiger partial charge in [-0.2, -0.15) is 0 Å². The summed E-state index contributed by atoms with van der Waals surface area (Å²) < 4.78 is 0. The number of amides is 3. The molecule has 0 aromatic heterocycles. The fourth-order valence-electron chi connectivity index (χ4n) is 3.53. The zero-order valence-electron chi connectivity index (χ0n) is 14.6. The van der Waals surface area contributed by atoms with E-state index in [-0.39, 0.29) is 36.3 Å². The minimum Gasteiger partial charge on any atom is -0.341 e. The summed E-state index contributed by atoms with van der Waals surface area (Å²) in [6, 6.07) is 7.70. The molecule has 3 N–H and O–H groups in total. The van der Waals surface area contributed by atoms with Crippen LogP contribution in [0.1, 0.15) is 24.8 Å². The van der Waals surface area contributed by atoms with Crippen molar-refractivity contribution in [1.29, 1.82) is 0 Å². The number of anilines is 1. The Morgan fingerprint density at radius 3 is 2.64 bits per heavy atom. The fourth-order valence-corrected chi connectivity index (χ4v) is 3.53. The number of nitrogens with zero attached hydrogens (tertiary/aromatic N) is 2. The second kappa shape index (κ2) is 8.54. The highest BCUT2D eigenvalue weighted by Crippen LogP contribution is 2.22. The van der Waals surface area contributed by atoms with Gasteiger partial charge in [0.15, 0.2) is 0 Å². The van der Waals surface area contributed by atoms with Gasteiger partial charge in [0.1, 0.15) is 0 Å². The van der Waals surface area contributed by atoms with Gasteiger partial charge in [-0.15, -0.1) is 12.4 Å². The minimum atomic E-state index is -0.128. The smallest absolute Gasteiger partial charge is 0.321 e. The number of urea groups is 1. The highest BCUT2D eigenvalue weighted by molar-refractivity contribution is 5.90. The van der Waals surface area contributed by atoms with Crippen LogP contribution in [0.3, 0.4) is 0 Å². The first-order valence-electron chi connectivity index (χ1n) is 8.70. The number of benzene rings is 1. The molecule has 2 saturated heterocycles. The van der Waals surface area contributed by atoms with Crippen molar-refractivity contribution in [1.82, 2.24) is 9.80 Å². The second-order valence-electron chi connectivity index (χ2n) is 6.92. The molecule has 0 radical (unpaired) electrons. The summed E-state index contributed by atoms with van der Waals surface area (Å²) in [5.41, 5.74) is 7.79. The third-order valence-electron chi connectivity index (χ3n) is 4.86. The van der Waals surface area contributed by atoms with E-state index in [0.29, 0.717) is 19.6 Å². The lowest BCUT2D eigenvalue weighted by molar-refractivity contribution is -0.135. The molecular weight excluding hydrogens is 340 g/mol. The van der Waals surface area contributed by atoms with Crippen molar-refractivity contribution in [3.05, 3.63) is 29.8 Å². The number of carbonyl (C=O) groups excluding carboxylic acids is 2. The third-order valence-corrected chi connectivity index (χ3v) is 4.86. The number of piperidine rings is 1. The molecule has 2 fully saturated rings. The van der Waals surface area contributed by atoms with Gasteiger partial charge in [0, 0.05) is 37.9 Å². The van der Waals surface area contributed by atoms with E-state index in [9.17, 15) is 9.59 Å². The summed E-state index contributed by atoms with van der Waals surface area (Å²) in [7, 11) is 0. The lowest BCUT2D eigenvalue weighted by Gasteiger charge is -2.34. The first kappa shape index (κ1) is 19.5. The predicted molar refractivity (Wildman–Crippen MR) is 101 cm³/mol. The third kappa shape index (κ3) is 4.86. The first-order valence-corrected chi connectivity index (χ1v) is 8.70. The predicted octanol–water partition coefficient (Wildman–Crippen LogP) is 2.22. The Hall–Kier alpha value is -1.79. The summed E-state index contributed by atoms with van der Waals surface area (Å²) in [5, 5.41) is 2.93. The van der Waals surface area contributed by atoms with Crippen molar-refractivity contribution in [2.24, 2.45) is 11.7 Å². The van der Waals surface area contributed by atoms with Gasteiger partial charge in [0.05, 0.1) is 5.92 Å². The minimum absolute atomic E-state index is 0. The highest BCUT2D eigenvalue weighted by Gasteiger charge is 2.33. The van der Waals surface area contributed by atoms with Crippen LogP contribution in [0.2, 0.25) is 0 Å². The lowest BCUT2D eigenvalue weighted by Crippen LogP contribution is -2.47. The van der Waals surface area contributed by atoms with E-state index in [1.807, 2.05) is 36.1 Å². The quantitative estimate of drug-likeness (QED) is 0.842. The average Bonchev–Trinajstić information content (AvgIpc) is 3.01. The van der Waals surface area contributed by atoms with Crippen LogP contribution in [0.4, 0.5) is 10.5 Å². The molecule has 3 rings (SSSR count). The summed E-state index contributed by atoms with van der Waals surface area (Å²) in [6.45, 7) is 4.56. The number of halogens is 1. The zero-order valence-corrected chi connectivity index (χ0v) is 15.4. The molecule has 1 unspecified atom stereocenters. The number of nitrogens with one attached hydrogen (secondary N) is 1. The van der Waals surface area contributed by atoms with Gasteiger partial charge in [0.2, 0.25) is 5.91 Å². The molecule has 0 spiro atoms. The Balaban J connectivity index is 0.00000225. The zero-order chi connectivity index (χ0) is 17.1. The largest absolute Gasteiger partial charge is 0.341 e. The Morgan fingerprint density at radius 2 is 1.96 bits per heavy atom. The SMILES string of the molecule is Cc1cccc(NC(=O)N2CCCC(C(=O)N3CC[C@@H](N)C3)C2)c1.Cl. The molecule has 2 heterocycles. The molecule has 0 bridgehead atoms. The van der Waals surface area contributed by atoms with Crippen LogP contribution in [0, 0.1) is 12.8 Å². The van der Waals surface area contributed by atoms with Gasteiger partial charge in [-0.25, -0.2) is 4.79 Å². The van der Waals surface area contributed by atoms with Crippen LogP contribution < -0.4 is 11.1 Å². The van der Waals surface area contributed by atoms with Crippen LogP contribution in [0.25, 0.3) is 0 Å². The van der Waals surface area contributed by atoms with Crippen molar-refractivity contribution in [3.8, 4) is 0 Å². The van der Waals surface area contributed by atoms with Crippen LogP contribution in [0.15, 0.2) is 24.3 Å². The van der Waals surface area contributed by atoms with Crippen molar-refractivity contribution in [3.63, 3.8) is 0 Å². The lowest BCUT2D eigenvalue weighted by atomic mass is 9.97. The molecule has 2 aliphatic heterocycles. The maximum Gasteiger partial charge on any atom is 0.321 e. The number of hydrogen-bond donors (Lipinski definition) is 2. The van der Waals surface area contributed by atoms with E-state index in [2.05, 4.69) is 5.32 Å². The molecule has 1 aromatic rings. The number of rotatable bonds is 2. The van der Waals surface area contributed by atoms with E-state index in [1.54, 1.807) is 4.90 Å². The maximum atomic E-state index is 12.6. The van der Waals surface area contributed by atoms with Crippen molar-refractivity contribution in [2.75, 3.05) is 31.5 Å². The maximum absolute atomic E-state index is 12.6. The van der Waals surface area contributed by atoms with Gasteiger partial charge in [-0.05, 0) is 43.9 Å². The number of hydrogen-bond acceptors (Lipinski definition) is 3. The monoisotopic (exact) mass is 366 g/mol. The van der Waals surface area contributed by atoms with E-state index < -0.39 is 0 Å². The molecule has 2 aliphatic rings. The Kier molecular flexibility index (Phi) is 6.67. The van der Waals surface area contributed by atoms with Crippen molar-refractivity contribution >= 4 is 30.0 Å². The normalized spacial score (nSPS) is 23.1. The van der Waals surface area contributed by atoms with Crippen LogP contribution in [-0.4, -0.2) is 54.0 Å². The molecule has 2 atom stereocenters. The summed E-state index contributed by atoms with van der Waals surface area (Å²) in [4.78, 5) is 28.7. The second-order valence-corrected chi connectivity index (χ2v) is 6.92. The molecule has 3 amide bonds. The molecule has 7 heteroatoms. The van der Waals surface area contributed by atoms with E-state index in [0.717, 1.165) is 37.1 Å². The van der Waals surface area contributed by atoms with Crippen molar-refractivity contribution < 1.29 is 9.59 Å². The first-order chi connectivity index (χ1) is 11.5. The molecule has 25 heavy (non-hydrogen) atoms. The van der Waals surface area contributed by atoms with E-state index in [1.165, 1.54) is 0 Å². The molecular formula is C18H27ClN4O2. The standard InChI is InChI=1S/C18H26N4O2.ClH/c1-13-4-2-6-16(10-13)20-18(24)22-8-3-5-14(11-22)17(23)21-9-7-15(19)12-21;/h2,4,6,10,14-15H,3,5,7-9,11-12,19H2,1H3,(H,20,24);1H/t14?,15-;/m1./s1. The van der Waals surface area contributed by atoms with E-state index >= 15 is 0 Å². The molecule has 1 aromatic carbocycles. The fraction of sp³-hybridized carbons (Fsp3) is 0.556. The summed E-state index contributed by atoms with van der Waals surface area (Å²) in [6.07, 6.45) is 2.58. The van der Waals surface area contributed by atoms with Crippen LogP contribution in [-0.2, 0) is 4.79 Å². The summed E-state index contributed by atoms with van der Waals surface area (Å²) in [5.74, 6) is 0.0447. The Bertz CT molecular complexity index is 625. The Morgan fingerprint density at radius 1 is 1.16 bits per heavy atom. The highest BCUT2D eigenvalue weighted by atomic mass is 35.5. The number of likely N-dealkylation sites (tertiary alicyclic amines) is 2. The van der Waals surface area contributed by atoms with Crippen LogP contribution >= 0.6 is 12.4 Å². The van der Waals surface area contributed by atoms with E-state index in [4.69, 9.17) is 5.73 Å². The molecule has 0 aliphatic carbocycles. The van der Waals surface area contributed by atoms with Crippen molar-refractivity contribution in [2.45, 2.75) is 32.2 Å². The van der Waals surface area contributed by atoms with Gasteiger partial charge in [-0.1, -0.05) is 12.1 Å². The number of carbonyl (C=O) groups is 2.